The normalized spacial score (nSPS) is 19.4. The Kier molecular flexibility index (Phi) is 6.59. The number of carbonyl (C=O) groups is 2. The molecule has 1 aromatic carbocycles. The van der Waals surface area contributed by atoms with Gasteiger partial charge in [-0.25, -0.2) is 0 Å². The molecule has 0 radical (unpaired) electrons. The molecule has 0 bridgehead atoms. The van der Waals surface area contributed by atoms with Gasteiger partial charge in [-0.2, -0.15) is 5.26 Å². The molecule has 2 amide bonds. The van der Waals surface area contributed by atoms with E-state index in [-0.39, 0.29) is 18.4 Å². The van der Waals surface area contributed by atoms with Crippen molar-refractivity contribution in [1.82, 2.24) is 15.2 Å². The monoisotopic (exact) mass is 439 g/mol. The Bertz CT molecular complexity index is 1020. The summed E-state index contributed by atoms with van der Waals surface area (Å²) in [4.78, 5) is 33.5. The molecule has 3 heterocycles. The zero-order valence-corrected chi connectivity index (χ0v) is 18.2. The maximum absolute atomic E-state index is 12.9. The van der Waals surface area contributed by atoms with Gasteiger partial charge in [0.05, 0.1) is 35.7 Å². The Balaban J connectivity index is 1.48. The van der Waals surface area contributed by atoms with Crippen molar-refractivity contribution >= 4 is 40.2 Å². The zero-order chi connectivity index (χ0) is 21.8. The number of methoxy groups -OCH3 is 1. The van der Waals surface area contributed by atoms with Crippen molar-refractivity contribution in [2.45, 2.75) is 25.0 Å². The lowest BCUT2D eigenvalue weighted by atomic mass is 10.0. The number of hydrogen-bond donors (Lipinski definition) is 1. The van der Waals surface area contributed by atoms with Gasteiger partial charge in [0.25, 0.3) is 5.91 Å². The van der Waals surface area contributed by atoms with Crippen LogP contribution in [0.2, 0.25) is 0 Å². The van der Waals surface area contributed by atoms with Gasteiger partial charge in [-0.05, 0) is 37.1 Å². The van der Waals surface area contributed by atoms with Gasteiger partial charge in [-0.3, -0.25) is 14.6 Å². The first kappa shape index (κ1) is 21.4. The van der Waals surface area contributed by atoms with Crippen molar-refractivity contribution < 1.29 is 14.3 Å². The number of piperidine rings is 1. The summed E-state index contributed by atoms with van der Waals surface area (Å²) < 4.78 is 5.45. The lowest BCUT2D eigenvalue weighted by molar-refractivity contribution is -0.129. The number of nitrogens with zero attached hydrogens (tertiary/aromatic N) is 4. The third kappa shape index (κ3) is 4.60. The van der Waals surface area contributed by atoms with E-state index in [9.17, 15) is 9.59 Å². The number of anilines is 1. The lowest BCUT2D eigenvalue weighted by Gasteiger charge is -2.33. The lowest BCUT2D eigenvalue weighted by Crippen LogP contribution is -2.42. The SMILES string of the molecule is COC1CCN(c2ccc3nccc(C(=O)NCC(=O)N4CSC[C@H]4C#N)c3c2)CC1. The molecule has 0 spiro atoms. The minimum atomic E-state index is -0.430. The Labute approximate surface area is 185 Å². The Hall–Kier alpha value is -2.83. The minimum Gasteiger partial charge on any atom is -0.381 e. The highest BCUT2D eigenvalue weighted by atomic mass is 32.2. The second kappa shape index (κ2) is 9.54. The second-order valence-corrected chi connectivity index (χ2v) is 8.67. The number of hydrogen-bond acceptors (Lipinski definition) is 7. The van der Waals surface area contributed by atoms with Gasteiger partial charge < -0.3 is 19.9 Å². The molecule has 2 aliphatic heterocycles. The van der Waals surface area contributed by atoms with Crippen molar-refractivity contribution in [3.8, 4) is 6.07 Å². The average Bonchev–Trinajstić information content (AvgIpc) is 3.31. The van der Waals surface area contributed by atoms with Crippen LogP contribution in [0.15, 0.2) is 30.5 Å². The van der Waals surface area contributed by atoms with Gasteiger partial charge in [0.1, 0.15) is 6.04 Å². The summed E-state index contributed by atoms with van der Waals surface area (Å²) in [6.45, 7) is 1.66. The first-order valence-corrected chi connectivity index (χ1v) is 11.5. The second-order valence-electron chi connectivity index (χ2n) is 7.67. The number of nitrogens with one attached hydrogen (secondary N) is 1. The number of ether oxygens (including phenoxy) is 1. The van der Waals surface area contributed by atoms with E-state index in [4.69, 9.17) is 10.00 Å². The molecule has 2 aromatic rings. The predicted octanol–water partition coefficient (Wildman–Crippen LogP) is 2.00. The molecule has 8 nitrogen and oxygen atoms in total. The summed E-state index contributed by atoms with van der Waals surface area (Å²) in [6, 6.07) is 9.32. The van der Waals surface area contributed by atoms with Gasteiger partial charge in [0.2, 0.25) is 5.91 Å². The molecule has 31 heavy (non-hydrogen) atoms. The third-order valence-electron chi connectivity index (χ3n) is 5.86. The van der Waals surface area contributed by atoms with Crippen molar-refractivity contribution in [2.75, 3.05) is 43.3 Å². The van der Waals surface area contributed by atoms with E-state index in [1.807, 2.05) is 18.2 Å². The van der Waals surface area contributed by atoms with E-state index in [1.54, 1.807) is 31.1 Å². The maximum Gasteiger partial charge on any atom is 0.252 e. The largest absolute Gasteiger partial charge is 0.381 e. The van der Waals surface area contributed by atoms with Crippen LogP contribution in [0.1, 0.15) is 23.2 Å². The molecule has 4 rings (SSSR count). The fourth-order valence-corrected chi connectivity index (χ4v) is 5.13. The van der Waals surface area contributed by atoms with Crippen molar-refractivity contribution in [2.24, 2.45) is 0 Å². The number of aromatic nitrogens is 1. The first-order valence-electron chi connectivity index (χ1n) is 10.3. The molecule has 9 heteroatoms. The quantitative estimate of drug-likeness (QED) is 0.761. The Morgan fingerprint density at radius 3 is 2.87 bits per heavy atom. The topological polar surface area (TPSA) is 98.6 Å². The molecule has 2 saturated heterocycles. The number of carbonyl (C=O) groups excluding carboxylic acids is 2. The van der Waals surface area contributed by atoms with Crippen molar-refractivity contribution in [3.05, 3.63) is 36.0 Å². The number of thioether (sulfide) groups is 1. The van der Waals surface area contributed by atoms with Crippen LogP contribution in [0.4, 0.5) is 5.69 Å². The summed E-state index contributed by atoms with van der Waals surface area (Å²) >= 11 is 1.54. The highest BCUT2D eigenvalue weighted by molar-refractivity contribution is 7.99. The predicted molar refractivity (Wildman–Crippen MR) is 120 cm³/mol. The Morgan fingerprint density at radius 2 is 2.13 bits per heavy atom. The molecule has 1 N–H and O–H groups in total. The maximum atomic E-state index is 12.9. The van der Waals surface area contributed by atoms with Crippen LogP contribution < -0.4 is 10.2 Å². The Morgan fingerprint density at radius 1 is 1.32 bits per heavy atom. The average molecular weight is 440 g/mol. The zero-order valence-electron chi connectivity index (χ0n) is 17.4. The van der Waals surface area contributed by atoms with Crippen LogP contribution >= 0.6 is 11.8 Å². The number of amides is 2. The van der Waals surface area contributed by atoms with E-state index in [0.29, 0.717) is 23.3 Å². The fraction of sp³-hybridized carbons (Fsp3) is 0.455. The molecule has 162 valence electrons. The summed E-state index contributed by atoms with van der Waals surface area (Å²) in [5.74, 6) is 0.519. The number of fused-ring (bicyclic) bond motifs is 1. The highest BCUT2D eigenvalue weighted by Gasteiger charge is 2.29. The smallest absolute Gasteiger partial charge is 0.252 e. The summed E-state index contributed by atoms with van der Waals surface area (Å²) in [5.41, 5.74) is 2.26. The van der Waals surface area contributed by atoms with Crippen molar-refractivity contribution in [1.29, 1.82) is 5.26 Å². The molecule has 1 aromatic heterocycles. The van der Waals surface area contributed by atoms with Crippen LogP contribution in [-0.4, -0.2) is 72.2 Å². The molecule has 2 fully saturated rings. The van der Waals surface area contributed by atoms with Gasteiger partial charge >= 0.3 is 0 Å². The van der Waals surface area contributed by atoms with E-state index in [0.717, 1.165) is 42.5 Å². The fourth-order valence-electron chi connectivity index (χ4n) is 4.03. The molecule has 0 unspecified atom stereocenters. The van der Waals surface area contributed by atoms with Gasteiger partial charge in [-0.1, -0.05) is 0 Å². The van der Waals surface area contributed by atoms with Crippen LogP contribution in [0.25, 0.3) is 10.9 Å². The van der Waals surface area contributed by atoms with Gasteiger partial charge in [0, 0.05) is 43.2 Å². The number of benzene rings is 1. The number of rotatable bonds is 5. The third-order valence-corrected chi connectivity index (χ3v) is 6.87. The molecule has 1 atom stereocenters. The molecule has 0 saturated carbocycles. The van der Waals surface area contributed by atoms with Crippen molar-refractivity contribution in [3.63, 3.8) is 0 Å². The standard InChI is InChI=1S/C22H25N5O3S/c1-30-17-5-8-26(9-6-17)15-2-3-20-19(10-15)18(4-7-24-20)22(29)25-12-21(28)27-14-31-13-16(27)11-23/h2-4,7,10,16-17H,5-6,8-9,12-14H2,1H3,(H,25,29)/t16-/m1/s1. The van der Waals surface area contributed by atoms with Crippen LogP contribution in [0.3, 0.4) is 0 Å². The summed E-state index contributed by atoms with van der Waals surface area (Å²) in [6.07, 6.45) is 3.84. The van der Waals surface area contributed by atoms with Crippen LogP contribution in [0.5, 0.6) is 0 Å². The van der Waals surface area contributed by atoms with Gasteiger partial charge in [0.15, 0.2) is 0 Å². The van der Waals surface area contributed by atoms with E-state index >= 15 is 0 Å². The van der Waals surface area contributed by atoms with E-state index < -0.39 is 6.04 Å². The summed E-state index contributed by atoms with van der Waals surface area (Å²) in [7, 11) is 1.75. The molecule has 0 aliphatic carbocycles. The first-order chi connectivity index (χ1) is 15.1. The summed E-state index contributed by atoms with van der Waals surface area (Å²) in [5, 5.41) is 12.6. The number of pyridine rings is 1. The van der Waals surface area contributed by atoms with E-state index in [1.165, 1.54) is 4.90 Å². The highest BCUT2D eigenvalue weighted by Crippen LogP contribution is 2.27. The minimum absolute atomic E-state index is 0.133. The van der Waals surface area contributed by atoms with Gasteiger partial charge in [-0.15, -0.1) is 11.8 Å². The van der Waals surface area contributed by atoms with Crippen LogP contribution in [-0.2, 0) is 9.53 Å². The molecule has 2 aliphatic rings. The van der Waals surface area contributed by atoms with E-state index in [2.05, 4.69) is 21.3 Å². The number of nitriles is 1. The molecular weight excluding hydrogens is 414 g/mol. The molecular formula is C22H25N5O3S. The van der Waals surface area contributed by atoms with Crippen LogP contribution in [0, 0.1) is 11.3 Å².